The third kappa shape index (κ3) is 4.39. The molecule has 1 aliphatic rings. The van der Waals surface area contributed by atoms with Gasteiger partial charge in [-0.25, -0.2) is 4.79 Å². The maximum Gasteiger partial charge on any atom is 0.410 e. The lowest BCUT2D eigenvalue weighted by Crippen LogP contribution is -2.40. The first-order valence-corrected chi connectivity index (χ1v) is 9.29. The highest BCUT2D eigenvalue weighted by Crippen LogP contribution is 2.25. The van der Waals surface area contributed by atoms with E-state index in [1.54, 1.807) is 57.0 Å². The number of primary amides is 1. The molecular weight excluding hydrogens is 374 g/mol. The average molecular weight is 399 g/mol. The van der Waals surface area contributed by atoms with E-state index in [1.165, 1.54) is 4.68 Å². The molecule has 3 N–H and O–H groups in total. The van der Waals surface area contributed by atoms with Gasteiger partial charge in [0.15, 0.2) is 0 Å². The number of amides is 3. The van der Waals surface area contributed by atoms with Crippen LogP contribution in [0.2, 0.25) is 0 Å². The summed E-state index contributed by atoms with van der Waals surface area (Å²) in [6.07, 6.45) is 0.0885. The summed E-state index contributed by atoms with van der Waals surface area (Å²) in [5, 5.41) is 7.16. The van der Waals surface area contributed by atoms with Gasteiger partial charge in [0.25, 0.3) is 11.8 Å². The molecule has 0 spiro atoms. The van der Waals surface area contributed by atoms with Gasteiger partial charge in [0.05, 0.1) is 23.5 Å². The van der Waals surface area contributed by atoms with Crippen molar-refractivity contribution in [3.8, 4) is 0 Å². The minimum Gasteiger partial charge on any atom is -0.444 e. The molecular formula is C20H25N5O4. The molecule has 3 rings (SSSR count). The van der Waals surface area contributed by atoms with E-state index in [-0.39, 0.29) is 12.1 Å². The van der Waals surface area contributed by atoms with Gasteiger partial charge in [-0.2, -0.15) is 5.10 Å². The number of ether oxygens (including phenoxy) is 1. The van der Waals surface area contributed by atoms with E-state index in [2.05, 4.69) is 10.4 Å². The zero-order valence-electron chi connectivity index (χ0n) is 17.0. The Morgan fingerprint density at radius 3 is 2.55 bits per heavy atom. The summed E-state index contributed by atoms with van der Waals surface area (Å²) in [5.74, 6) is -1.06. The second-order valence-electron chi connectivity index (χ2n) is 7.91. The molecule has 0 atom stereocenters. The van der Waals surface area contributed by atoms with Crippen LogP contribution in [-0.4, -0.2) is 44.7 Å². The molecule has 9 heteroatoms. The highest BCUT2D eigenvalue weighted by molar-refractivity contribution is 6.08. The second kappa shape index (κ2) is 7.57. The molecule has 1 aromatic carbocycles. The summed E-state index contributed by atoms with van der Waals surface area (Å²) >= 11 is 0. The third-order valence-corrected chi connectivity index (χ3v) is 4.50. The summed E-state index contributed by atoms with van der Waals surface area (Å²) in [6, 6.07) is 6.51. The number of anilines is 1. The molecule has 1 aliphatic heterocycles. The topological polar surface area (TPSA) is 120 Å². The molecule has 29 heavy (non-hydrogen) atoms. The van der Waals surface area contributed by atoms with Crippen LogP contribution in [-0.2, 0) is 24.8 Å². The lowest BCUT2D eigenvalue weighted by molar-refractivity contribution is 0.0222. The van der Waals surface area contributed by atoms with Gasteiger partial charge < -0.3 is 20.7 Å². The first-order chi connectivity index (χ1) is 13.6. The van der Waals surface area contributed by atoms with Crippen molar-refractivity contribution >= 4 is 23.6 Å². The molecule has 9 nitrogen and oxygen atoms in total. The summed E-state index contributed by atoms with van der Waals surface area (Å²) in [5.41, 5.74) is 7.07. The Hall–Kier alpha value is -3.36. The van der Waals surface area contributed by atoms with E-state index >= 15 is 0 Å². The number of hydrogen-bond acceptors (Lipinski definition) is 5. The van der Waals surface area contributed by atoms with Crippen LogP contribution >= 0.6 is 0 Å². The van der Waals surface area contributed by atoms with Gasteiger partial charge in [0.2, 0.25) is 0 Å². The lowest BCUT2D eigenvalue weighted by atomic mass is 10.0. The number of carbonyl (C=O) groups is 3. The van der Waals surface area contributed by atoms with Crippen LogP contribution in [0.25, 0.3) is 0 Å². The normalized spacial score (nSPS) is 13.6. The summed E-state index contributed by atoms with van der Waals surface area (Å²) in [4.78, 5) is 38.6. The van der Waals surface area contributed by atoms with Crippen LogP contribution in [0, 0.1) is 0 Å². The number of para-hydroxylation sites is 1. The number of carbonyl (C=O) groups excluding carboxylic acids is 3. The minimum absolute atomic E-state index is 0.215. The number of aryl methyl sites for hydroxylation is 1. The number of hydrogen-bond donors (Lipinski definition) is 2. The Labute approximate surface area is 168 Å². The Bertz CT molecular complexity index is 974. The average Bonchev–Trinajstić information content (AvgIpc) is 2.95. The van der Waals surface area contributed by atoms with Gasteiger partial charge in [-0.1, -0.05) is 12.1 Å². The fourth-order valence-electron chi connectivity index (χ4n) is 3.26. The Kier molecular flexibility index (Phi) is 5.32. The number of nitrogens with one attached hydrogen (secondary N) is 1. The van der Waals surface area contributed by atoms with Gasteiger partial charge in [0.1, 0.15) is 11.3 Å². The molecule has 0 saturated carbocycles. The predicted molar refractivity (Wildman–Crippen MR) is 106 cm³/mol. The second-order valence-corrected chi connectivity index (χ2v) is 7.91. The molecule has 154 valence electrons. The van der Waals surface area contributed by atoms with Crippen LogP contribution in [0.4, 0.5) is 10.5 Å². The highest BCUT2D eigenvalue weighted by atomic mass is 16.6. The Morgan fingerprint density at radius 1 is 1.21 bits per heavy atom. The van der Waals surface area contributed by atoms with Crippen molar-refractivity contribution < 1.29 is 19.1 Å². The zero-order chi connectivity index (χ0) is 21.3. The molecule has 0 saturated heterocycles. The Balaban J connectivity index is 1.86. The molecule has 3 amide bonds. The van der Waals surface area contributed by atoms with Crippen molar-refractivity contribution in [3.63, 3.8) is 0 Å². The van der Waals surface area contributed by atoms with Crippen LogP contribution in [0.15, 0.2) is 24.3 Å². The largest absolute Gasteiger partial charge is 0.444 e. The molecule has 0 radical (unpaired) electrons. The summed E-state index contributed by atoms with van der Waals surface area (Å²) in [6.45, 7) is 6.10. The maximum atomic E-state index is 13.0. The number of rotatable bonds is 3. The molecule has 1 aromatic heterocycles. The fourth-order valence-corrected chi connectivity index (χ4v) is 3.26. The Morgan fingerprint density at radius 2 is 1.90 bits per heavy atom. The van der Waals surface area contributed by atoms with Crippen LogP contribution in [0.1, 0.15) is 52.9 Å². The third-order valence-electron chi connectivity index (χ3n) is 4.50. The van der Waals surface area contributed by atoms with Crippen molar-refractivity contribution in [1.29, 1.82) is 0 Å². The van der Waals surface area contributed by atoms with E-state index in [0.717, 1.165) is 5.69 Å². The van der Waals surface area contributed by atoms with E-state index in [0.29, 0.717) is 29.9 Å². The smallest absolute Gasteiger partial charge is 0.410 e. The van der Waals surface area contributed by atoms with Gasteiger partial charge in [-0.3, -0.25) is 14.3 Å². The standard InChI is InChI=1S/C20H25N5O4/c1-20(2,3)29-19(28)25-10-9-15-13(11-25)16(24(4)23-15)18(27)22-14-8-6-5-7-12(14)17(21)26/h5-8H,9-11H2,1-4H3,(H2,21,26)(H,22,27). The van der Waals surface area contributed by atoms with E-state index < -0.39 is 23.5 Å². The molecule has 0 unspecified atom stereocenters. The van der Waals surface area contributed by atoms with Crippen LogP contribution < -0.4 is 11.1 Å². The van der Waals surface area contributed by atoms with Gasteiger partial charge in [-0.05, 0) is 32.9 Å². The van der Waals surface area contributed by atoms with Crippen molar-refractivity contribution in [2.45, 2.75) is 39.3 Å². The van der Waals surface area contributed by atoms with Crippen molar-refractivity contribution in [1.82, 2.24) is 14.7 Å². The molecule has 0 bridgehead atoms. The van der Waals surface area contributed by atoms with Crippen molar-refractivity contribution in [2.24, 2.45) is 12.8 Å². The van der Waals surface area contributed by atoms with E-state index in [4.69, 9.17) is 10.5 Å². The van der Waals surface area contributed by atoms with E-state index in [1.807, 2.05) is 0 Å². The van der Waals surface area contributed by atoms with Gasteiger partial charge in [0, 0.05) is 25.6 Å². The fraction of sp³-hybridized carbons (Fsp3) is 0.400. The number of benzene rings is 1. The van der Waals surface area contributed by atoms with Gasteiger partial charge in [-0.15, -0.1) is 0 Å². The zero-order valence-corrected chi connectivity index (χ0v) is 17.0. The molecule has 0 aliphatic carbocycles. The minimum atomic E-state index is -0.635. The van der Waals surface area contributed by atoms with Gasteiger partial charge >= 0.3 is 6.09 Å². The van der Waals surface area contributed by atoms with Crippen LogP contribution in [0.3, 0.4) is 0 Å². The number of nitrogens with two attached hydrogens (primary N) is 1. The first kappa shape index (κ1) is 20.4. The molecule has 2 heterocycles. The predicted octanol–water partition coefficient (Wildman–Crippen LogP) is 2.06. The number of nitrogens with zero attached hydrogens (tertiary/aromatic N) is 3. The highest BCUT2D eigenvalue weighted by Gasteiger charge is 2.31. The number of fused-ring (bicyclic) bond motifs is 1. The quantitative estimate of drug-likeness (QED) is 0.819. The molecule has 0 fully saturated rings. The first-order valence-electron chi connectivity index (χ1n) is 9.29. The lowest BCUT2D eigenvalue weighted by Gasteiger charge is -2.29. The summed E-state index contributed by atoms with van der Waals surface area (Å²) < 4.78 is 6.94. The SMILES string of the molecule is Cn1nc2c(c1C(=O)Nc1ccccc1C(N)=O)CN(C(=O)OC(C)(C)C)CC2. The number of aromatic nitrogens is 2. The maximum absolute atomic E-state index is 13.0. The summed E-state index contributed by atoms with van der Waals surface area (Å²) in [7, 11) is 1.67. The molecule has 2 aromatic rings. The van der Waals surface area contributed by atoms with Crippen LogP contribution in [0.5, 0.6) is 0 Å². The van der Waals surface area contributed by atoms with Crippen molar-refractivity contribution in [2.75, 3.05) is 11.9 Å². The van der Waals surface area contributed by atoms with Crippen molar-refractivity contribution in [3.05, 3.63) is 46.8 Å². The van der Waals surface area contributed by atoms with E-state index in [9.17, 15) is 14.4 Å². The monoisotopic (exact) mass is 399 g/mol.